The van der Waals surface area contributed by atoms with Gasteiger partial charge in [-0.2, -0.15) is 10.4 Å². The first-order valence-electron chi connectivity index (χ1n) is 3.11. The monoisotopic (exact) mass is 135 g/mol. The molecule has 0 unspecified atom stereocenters. The zero-order valence-electron chi connectivity index (χ0n) is 5.58. The fourth-order valence-corrected chi connectivity index (χ4v) is 0.568. The minimum Gasteiger partial charge on any atom is -0.564 e. The molecule has 0 rings (SSSR count). The quantitative estimate of drug-likeness (QED) is 0.346. The van der Waals surface area contributed by atoms with Crippen molar-refractivity contribution in [1.29, 1.82) is 0 Å². The first kappa shape index (κ1) is 8.84. The lowest BCUT2D eigenvalue weighted by molar-refractivity contribution is -1.21. The summed E-state index contributed by atoms with van der Waals surface area (Å²) >= 11 is 0. The van der Waals surface area contributed by atoms with Gasteiger partial charge < -0.3 is 5.21 Å². The molecule has 0 bridgehead atoms. The highest BCUT2D eigenvalue weighted by Gasteiger charge is 2.05. The molecular weight excluding hydrogens is 122 g/mol. The van der Waals surface area contributed by atoms with E-state index in [-0.39, 0.29) is 6.54 Å². The number of hydrogen-bond acceptors (Lipinski definition) is 3. The van der Waals surface area contributed by atoms with Gasteiger partial charge in [0.2, 0.25) is 0 Å². The average Bonchev–Trinajstić information content (AvgIpc) is 1.63. The van der Waals surface area contributed by atoms with E-state index in [1.807, 2.05) is 6.92 Å². The molecule has 0 aromatic carbocycles. The summed E-state index contributed by atoms with van der Waals surface area (Å²) in [6.45, 7) is 1.85. The van der Waals surface area contributed by atoms with Gasteiger partial charge in [0.25, 0.3) is 0 Å². The average molecular weight is 135 g/mol. The van der Waals surface area contributed by atoms with Gasteiger partial charge in [0.1, 0.15) is 6.54 Å². The van der Waals surface area contributed by atoms with Gasteiger partial charge in [-0.05, 0) is 6.42 Å². The normalized spacial score (nSPS) is 12.0. The fraction of sp³-hybridized carbons (Fsp3) is 1.00. The number of quaternary nitrogens is 1. The van der Waals surface area contributed by atoms with Crippen molar-refractivity contribution < 1.29 is 15.4 Å². The second-order valence-electron chi connectivity index (χ2n) is 2.10. The van der Waals surface area contributed by atoms with E-state index >= 15 is 0 Å². The van der Waals surface area contributed by atoms with Crippen molar-refractivity contribution in [3.8, 4) is 0 Å². The molecule has 4 heteroatoms. The van der Waals surface area contributed by atoms with Gasteiger partial charge in [0.05, 0.1) is 0 Å². The number of nitrogens with zero attached hydrogens (tertiary/aromatic N) is 1. The number of hydroxylamine groups is 3. The third-order valence-electron chi connectivity index (χ3n) is 1.05. The molecule has 2 N–H and O–H groups in total. The lowest BCUT2D eigenvalue weighted by Gasteiger charge is -2.23. The number of unbranched alkanes of at least 4 members (excludes halogenated alkanes) is 2. The topological polar surface area (TPSA) is 63.5 Å². The summed E-state index contributed by atoms with van der Waals surface area (Å²) in [5.41, 5.74) is 0. The van der Waals surface area contributed by atoms with Crippen molar-refractivity contribution in [2.75, 3.05) is 6.54 Å². The Kier molecular flexibility index (Phi) is 3.72. The molecule has 0 heterocycles. The summed E-state index contributed by atoms with van der Waals surface area (Å²) in [7, 11) is 0. The van der Waals surface area contributed by atoms with E-state index in [4.69, 9.17) is 10.4 Å². The zero-order valence-corrected chi connectivity index (χ0v) is 5.58. The second kappa shape index (κ2) is 3.79. The predicted molar refractivity (Wildman–Crippen MR) is 31.6 cm³/mol. The first-order valence-corrected chi connectivity index (χ1v) is 3.11. The fourth-order valence-electron chi connectivity index (χ4n) is 0.568. The molecule has 56 valence electrons. The van der Waals surface area contributed by atoms with E-state index in [1.54, 1.807) is 0 Å². The van der Waals surface area contributed by atoms with Crippen LogP contribution >= 0.6 is 0 Å². The molecule has 0 saturated carbocycles. The van der Waals surface area contributed by atoms with E-state index in [9.17, 15) is 5.21 Å². The minimum atomic E-state index is -2.14. The van der Waals surface area contributed by atoms with Crippen molar-refractivity contribution in [1.82, 2.24) is 0 Å². The van der Waals surface area contributed by atoms with Crippen LogP contribution in [-0.4, -0.2) is 21.9 Å². The SMILES string of the molecule is CCCCC[N+]([O-])(O)O. The van der Waals surface area contributed by atoms with Crippen LogP contribution in [0.5, 0.6) is 0 Å². The van der Waals surface area contributed by atoms with E-state index in [2.05, 4.69) is 0 Å². The lowest BCUT2D eigenvalue weighted by Crippen LogP contribution is -2.34. The van der Waals surface area contributed by atoms with Gasteiger partial charge >= 0.3 is 0 Å². The Morgan fingerprint density at radius 2 is 1.89 bits per heavy atom. The molecule has 0 radical (unpaired) electrons. The van der Waals surface area contributed by atoms with Crippen LogP contribution in [0.1, 0.15) is 26.2 Å². The molecular formula is C5H13NO3. The Bertz CT molecular complexity index is 69.1. The van der Waals surface area contributed by atoms with Crippen LogP contribution in [0.25, 0.3) is 0 Å². The molecule has 0 aliphatic rings. The van der Waals surface area contributed by atoms with Gasteiger partial charge in [-0.15, -0.1) is 0 Å². The van der Waals surface area contributed by atoms with Crippen molar-refractivity contribution in [2.24, 2.45) is 0 Å². The Morgan fingerprint density at radius 3 is 2.22 bits per heavy atom. The van der Waals surface area contributed by atoms with Gasteiger partial charge in [-0.1, -0.05) is 18.3 Å². The van der Waals surface area contributed by atoms with Gasteiger partial charge in [0, 0.05) is 6.42 Å². The molecule has 0 aromatic rings. The maximum absolute atomic E-state index is 10.0. The van der Waals surface area contributed by atoms with E-state index < -0.39 is 4.97 Å². The first-order chi connectivity index (χ1) is 4.06. The lowest BCUT2D eigenvalue weighted by atomic mass is 10.2. The van der Waals surface area contributed by atoms with Crippen LogP contribution in [0, 0.1) is 5.21 Å². The molecule has 0 aliphatic heterocycles. The summed E-state index contributed by atoms with van der Waals surface area (Å²) in [4.78, 5) is -2.14. The van der Waals surface area contributed by atoms with Crippen LogP contribution < -0.4 is 0 Å². The van der Waals surface area contributed by atoms with Crippen LogP contribution in [-0.2, 0) is 0 Å². The van der Waals surface area contributed by atoms with Crippen LogP contribution in [0.4, 0.5) is 0 Å². The van der Waals surface area contributed by atoms with Crippen molar-refractivity contribution in [3.05, 3.63) is 5.21 Å². The van der Waals surface area contributed by atoms with E-state index in [0.29, 0.717) is 6.42 Å². The molecule has 0 atom stereocenters. The smallest absolute Gasteiger partial charge is 0.142 e. The van der Waals surface area contributed by atoms with Crippen molar-refractivity contribution >= 4 is 0 Å². The molecule has 0 saturated heterocycles. The van der Waals surface area contributed by atoms with Crippen molar-refractivity contribution in [2.45, 2.75) is 26.2 Å². The molecule has 0 spiro atoms. The highest BCUT2D eigenvalue weighted by molar-refractivity contribution is 4.33. The van der Waals surface area contributed by atoms with Crippen LogP contribution in [0.3, 0.4) is 0 Å². The molecule has 9 heavy (non-hydrogen) atoms. The third-order valence-corrected chi connectivity index (χ3v) is 1.05. The zero-order chi connectivity index (χ0) is 7.33. The minimum absolute atomic E-state index is 0.131. The molecule has 0 aliphatic carbocycles. The Hall–Kier alpha value is -0.160. The Morgan fingerprint density at radius 1 is 1.33 bits per heavy atom. The molecule has 0 fully saturated rings. The molecule has 0 amide bonds. The van der Waals surface area contributed by atoms with Crippen LogP contribution in [0.15, 0.2) is 0 Å². The predicted octanol–water partition coefficient (Wildman–Crippen LogP) is 1.27. The summed E-state index contributed by atoms with van der Waals surface area (Å²) < 4.78 is 0. The van der Waals surface area contributed by atoms with Gasteiger partial charge in [-0.25, -0.2) is 0 Å². The van der Waals surface area contributed by atoms with E-state index in [0.717, 1.165) is 12.8 Å². The van der Waals surface area contributed by atoms with Crippen LogP contribution in [0.2, 0.25) is 0 Å². The number of rotatable bonds is 4. The number of hydrogen-bond donors (Lipinski definition) is 2. The largest absolute Gasteiger partial charge is 0.564 e. The standard InChI is InChI=1S/C5H13NO3/c1-2-3-4-5-6(7,8)9/h7-8H,2-5H2,1H3. The van der Waals surface area contributed by atoms with Gasteiger partial charge in [-0.3, -0.25) is 0 Å². The van der Waals surface area contributed by atoms with E-state index in [1.165, 1.54) is 0 Å². The summed E-state index contributed by atoms with van der Waals surface area (Å²) in [5, 5.41) is 26.4. The highest BCUT2D eigenvalue weighted by atomic mass is 17.1. The summed E-state index contributed by atoms with van der Waals surface area (Å²) in [5.74, 6) is 0. The Labute approximate surface area is 54.4 Å². The highest BCUT2D eigenvalue weighted by Crippen LogP contribution is 1.99. The summed E-state index contributed by atoms with van der Waals surface area (Å²) in [6.07, 6.45) is 2.40. The maximum Gasteiger partial charge on any atom is 0.142 e. The maximum atomic E-state index is 10.0. The third kappa shape index (κ3) is 7.84. The van der Waals surface area contributed by atoms with Crippen molar-refractivity contribution in [3.63, 3.8) is 0 Å². The second-order valence-corrected chi connectivity index (χ2v) is 2.10. The summed E-state index contributed by atoms with van der Waals surface area (Å²) in [6, 6.07) is 0. The van der Waals surface area contributed by atoms with Gasteiger partial charge in [0.15, 0.2) is 0 Å². The molecule has 4 nitrogen and oxygen atoms in total. The molecule has 0 aromatic heterocycles. The Balaban J connectivity index is 3.07.